The number of carbonyl (C=O) groups excluding carboxylic acids is 1. The number of amides is 1. The molecule has 0 aromatic heterocycles. The quantitative estimate of drug-likeness (QED) is 0.195. The molecule has 7 heteroatoms. The first kappa shape index (κ1) is 22.9. The third-order valence-corrected chi connectivity index (χ3v) is 5.26. The summed E-state index contributed by atoms with van der Waals surface area (Å²) in [6.45, 7) is 4.09. The Morgan fingerprint density at radius 2 is 1.84 bits per heavy atom. The molecule has 0 fully saturated rings. The fourth-order valence-electron chi connectivity index (χ4n) is 3.45. The summed E-state index contributed by atoms with van der Waals surface area (Å²) < 4.78 is 0.823. The average molecular weight is 490 g/mol. The van der Waals surface area contributed by atoms with Crippen LogP contribution in [-0.2, 0) is 11.2 Å². The molecule has 0 unspecified atom stereocenters. The lowest BCUT2D eigenvalue weighted by Crippen LogP contribution is -2.13. The molecule has 0 radical (unpaired) electrons. The summed E-state index contributed by atoms with van der Waals surface area (Å²) in [4.78, 5) is 23.1. The zero-order chi connectivity index (χ0) is 23.3. The van der Waals surface area contributed by atoms with Gasteiger partial charge < -0.3 is 5.32 Å². The largest absolute Gasteiger partial charge is 0.321 e. The van der Waals surface area contributed by atoms with Gasteiger partial charge in [0.15, 0.2) is 0 Å². The number of hydrogen-bond donors (Lipinski definition) is 1. The number of halogens is 1. The lowest BCUT2D eigenvalue weighted by Gasteiger charge is -2.10. The maximum Gasteiger partial charge on any atom is 0.271 e. The highest BCUT2D eigenvalue weighted by molar-refractivity contribution is 9.10. The normalized spacial score (nSPS) is 11.0. The third-order valence-electron chi connectivity index (χ3n) is 4.76. The summed E-state index contributed by atoms with van der Waals surface area (Å²) >= 11 is 3.45. The zero-order valence-corrected chi connectivity index (χ0v) is 19.1. The van der Waals surface area contributed by atoms with Crippen LogP contribution < -0.4 is 5.32 Å². The van der Waals surface area contributed by atoms with Crippen molar-refractivity contribution in [3.63, 3.8) is 0 Å². The lowest BCUT2D eigenvalue weighted by atomic mass is 9.96. The van der Waals surface area contributed by atoms with Crippen LogP contribution in [-0.4, -0.2) is 10.8 Å². The molecule has 0 heterocycles. The first-order chi connectivity index (χ1) is 15.2. The minimum atomic E-state index is -0.634. The van der Waals surface area contributed by atoms with Gasteiger partial charge in [-0.05, 0) is 61.2 Å². The molecule has 0 saturated carbocycles. The van der Waals surface area contributed by atoms with Crippen molar-refractivity contribution in [1.82, 2.24) is 0 Å². The van der Waals surface area contributed by atoms with Gasteiger partial charge in [0.05, 0.1) is 4.92 Å². The molecule has 0 aliphatic heterocycles. The van der Waals surface area contributed by atoms with Crippen LogP contribution in [0.1, 0.15) is 27.8 Å². The molecule has 0 bridgehead atoms. The highest BCUT2D eigenvalue weighted by Crippen LogP contribution is 2.24. The first-order valence-electron chi connectivity index (χ1n) is 9.78. The Hall–Kier alpha value is -3.76. The number of nitrogens with zero attached hydrogens (tertiary/aromatic N) is 2. The second kappa shape index (κ2) is 10.0. The Labute approximate surface area is 194 Å². The van der Waals surface area contributed by atoms with E-state index in [1.54, 1.807) is 0 Å². The number of hydrogen-bond acceptors (Lipinski definition) is 4. The first-order valence-corrected chi connectivity index (χ1v) is 10.6. The van der Waals surface area contributed by atoms with Crippen LogP contribution in [0.3, 0.4) is 0 Å². The minimum Gasteiger partial charge on any atom is -0.321 e. The van der Waals surface area contributed by atoms with Crippen LogP contribution in [0, 0.1) is 35.3 Å². The molecular weight excluding hydrogens is 470 g/mol. The van der Waals surface area contributed by atoms with Crippen LogP contribution in [0.5, 0.6) is 0 Å². The number of nitrogens with one attached hydrogen (secondary N) is 1. The standard InChI is InChI=1S/C25H20BrN3O3/c1-16-8-17(2)10-18(9-16)11-19-6-7-22(26)13-20(19)12-21(15-27)25(30)28-23-4-3-5-24(14-23)29(31)32/h3-10,12-14H,11H2,1-2H3,(H,28,30)/b21-12+. The summed E-state index contributed by atoms with van der Waals surface area (Å²) in [6.07, 6.45) is 2.18. The molecule has 3 aromatic carbocycles. The number of nitro benzene ring substituents is 1. The maximum absolute atomic E-state index is 12.7. The Balaban J connectivity index is 1.92. The molecule has 0 atom stereocenters. The molecule has 0 saturated heterocycles. The van der Waals surface area contributed by atoms with E-state index < -0.39 is 10.8 Å². The highest BCUT2D eigenvalue weighted by Gasteiger charge is 2.14. The second-order valence-corrected chi connectivity index (χ2v) is 8.36. The van der Waals surface area contributed by atoms with Crippen molar-refractivity contribution >= 4 is 39.3 Å². The van der Waals surface area contributed by atoms with Gasteiger partial charge in [0.1, 0.15) is 11.6 Å². The van der Waals surface area contributed by atoms with E-state index in [2.05, 4.69) is 39.4 Å². The number of rotatable bonds is 6. The van der Waals surface area contributed by atoms with Crippen molar-refractivity contribution in [2.75, 3.05) is 5.32 Å². The fraction of sp³-hybridized carbons (Fsp3) is 0.120. The lowest BCUT2D eigenvalue weighted by molar-refractivity contribution is -0.384. The van der Waals surface area contributed by atoms with E-state index in [4.69, 9.17) is 0 Å². The van der Waals surface area contributed by atoms with Crippen LogP contribution in [0.4, 0.5) is 11.4 Å². The Morgan fingerprint density at radius 3 is 2.50 bits per heavy atom. The molecule has 32 heavy (non-hydrogen) atoms. The number of carbonyl (C=O) groups is 1. The molecule has 0 aliphatic rings. The zero-order valence-electron chi connectivity index (χ0n) is 17.6. The number of nitriles is 1. The van der Waals surface area contributed by atoms with Gasteiger partial charge in [-0.15, -0.1) is 0 Å². The van der Waals surface area contributed by atoms with E-state index in [0.29, 0.717) is 6.42 Å². The average Bonchev–Trinajstić information content (AvgIpc) is 2.73. The number of benzene rings is 3. The predicted octanol–water partition coefficient (Wildman–Crippen LogP) is 6.11. The van der Waals surface area contributed by atoms with Gasteiger partial charge in [-0.3, -0.25) is 14.9 Å². The van der Waals surface area contributed by atoms with Crippen molar-refractivity contribution in [2.45, 2.75) is 20.3 Å². The van der Waals surface area contributed by atoms with Crippen LogP contribution in [0.25, 0.3) is 6.08 Å². The Morgan fingerprint density at radius 1 is 1.12 bits per heavy atom. The molecule has 6 nitrogen and oxygen atoms in total. The smallest absolute Gasteiger partial charge is 0.271 e. The van der Waals surface area contributed by atoms with Crippen LogP contribution in [0.2, 0.25) is 0 Å². The number of anilines is 1. The fourth-order valence-corrected chi connectivity index (χ4v) is 3.83. The summed E-state index contributed by atoms with van der Waals surface area (Å²) in [7, 11) is 0. The van der Waals surface area contributed by atoms with E-state index in [-0.39, 0.29) is 16.9 Å². The van der Waals surface area contributed by atoms with Gasteiger partial charge in [-0.25, -0.2) is 0 Å². The Bertz CT molecular complexity index is 1260. The molecule has 0 aliphatic carbocycles. The van der Waals surface area contributed by atoms with Crippen LogP contribution in [0.15, 0.2) is 70.7 Å². The highest BCUT2D eigenvalue weighted by atomic mass is 79.9. The SMILES string of the molecule is Cc1cc(C)cc(Cc2ccc(Br)cc2/C=C(\C#N)C(=O)Nc2cccc([N+](=O)[O-])c2)c1. The minimum absolute atomic E-state index is 0.101. The molecule has 0 spiro atoms. The third kappa shape index (κ3) is 5.90. The number of non-ortho nitro benzene ring substituents is 1. The maximum atomic E-state index is 12.7. The van der Waals surface area contributed by atoms with Gasteiger partial charge in [-0.1, -0.05) is 57.4 Å². The summed E-state index contributed by atoms with van der Waals surface area (Å²) in [5.74, 6) is -0.634. The van der Waals surface area contributed by atoms with Gasteiger partial charge in [0.25, 0.3) is 11.6 Å². The van der Waals surface area contributed by atoms with Gasteiger partial charge in [0, 0.05) is 22.3 Å². The van der Waals surface area contributed by atoms with Gasteiger partial charge in [-0.2, -0.15) is 5.26 Å². The number of nitro groups is 1. The van der Waals surface area contributed by atoms with E-state index >= 15 is 0 Å². The molecule has 1 N–H and O–H groups in total. The topological polar surface area (TPSA) is 96.0 Å². The summed E-state index contributed by atoms with van der Waals surface area (Å²) in [5.41, 5.74) is 5.18. The second-order valence-electron chi connectivity index (χ2n) is 7.45. The van der Waals surface area contributed by atoms with Crippen molar-refractivity contribution in [3.8, 4) is 6.07 Å². The van der Waals surface area contributed by atoms with Crippen molar-refractivity contribution in [2.24, 2.45) is 0 Å². The molecular formula is C25H20BrN3O3. The molecule has 160 valence electrons. The van der Waals surface area contributed by atoms with E-state index in [0.717, 1.165) is 21.2 Å². The number of aryl methyl sites for hydroxylation is 2. The monoisotopic (exact) mass is 489 g/mol. The molecule has 1 amide bonds. The summed E-state index contributed by atoms with van der Waals surface area (Å²) in [5, 5.41) is 23.1. The van der Waals surface area contributed by atoms with Crippen LogP contribution >= 0.6 is 15.9 Å². The predicted molar refractivity (Wildman–Crippen MR) is 128 cm³/mol. The Kier molecular flexibility index (Phi) is 7.18. The van der Waals surface area contributed by atoms with Gasteiger partial charge in [0.2, 0.25) is 0 Å². The van der Waals surface area contributed by atoms with E-state index in [1.807, 2.05) is 38.1 Å². The van der Waals surface area contributed by atoms with E-state index in [9.17, 15) is 20.2 Å². The molecule has 3 rings (SSSR count). The van der Waals surface area contributed by atoms with E-state index in [1.165, 1.54) is 41.5 Å². The van der Waals surface area contributed by atoms with Crippen molar-refractivity contribution in [3.05, 3.63) is 109 Å². The van der Waals surface area contributed by atoms with Crippen molar-refractivity contribution in [1.29, 1.82) is 5.26 Å². The molecule has 3 aromatic rings. The van der Waals surface area contributed by atoms with Gasteiger partial charge >= 0.3 is 0 Å². The summed E-state index contributed by atoms with van der Waals surface area (Å²) in [6, 6.07) is 19.6. The van der Waals surface area contributed by atoms with Crippen molar-refractivity contribution < 1.29 is 9.72 Å².